The molecule has 0 aliphatic heterocycles. The molecule has 0 saturated carbocycles. The number of nitrogens with zero attached hydrogens (tertiary/aromatic N) is 1. The van der Waals surface area contributed by atoms with Gasteiger partial charge in [0.1, 0.15) is 11.5 Å². The Kier molecular flexibility index (Phi) is 4.75. The number of sulfonamides is 1. The number of aromatic nitrogens is 2. The molecule has 2 aromatic rings. The predicted octanol–water partition coefficient (Wildman–Crippen LogP) is 0.540. The van der Waals surface area contributed by atoms with Gasteiger partial charge in [0.15, 0.2) is 0 Å². The number of aliphatic hydroxyl groups is 1. The van der Waals surface area contributed by atoms with Crippen molar-refractivity contribution in [1.29, 1.82) is 0 Å². The van der Waals surface area contributed by atoms with Crippen LogP contribution in [0.1, 0.15) is 16.8 Å². The van der Waals surface area contributed by atoms with E-state index < -0.39 is 10.0 Å². The summed E-state index contributed by atoms with van der Waals surface area (Å²) in [6, 6.07) is 7.11. The first-order valence-electron chi connectivity index (χ1n) is 6.21. The van der Waals surface area contributed by atoms with E-state index in [1.165, 1.54) is 6.20 Å². The second-order valence-electron chi connectivity index (χ2n) is 4.34. The SMILES string of the molecule is Cc1[nH]ncc1S(=O)(=O)NCc1ccc(C#CCO)cc1. The molecule has 0 bridgehead atoms. The van der Waals surface area contributed by atoms with Crippen LogP contribution in [0.4, 0.5) is 0 Å². The van der Waals surface area contributed by atoms with Crippen molar-refractivity contribution in [2.45, 2.75) is 18.4 Å². The van der Waals surface area contributed by atoms with E-state index in [0.29, 0.717) is 5.69 Å². The number of H-pyrrole nitrogens is 1. The highest BCUT2D eigenvalue weighted by atomic mass is 32.2. The predicted molar refractivity (Wildman–Crippen MR) is 77.8 cm³/mol. The quantitative estimate of drug-likeness (QED) is 0.719. The van der Waals surface area contributed by atoms with Crippen molar-refractivity contribution < 1.29 is 13.5 Å². The van der Waals surface area contributed by atoms with Crippen LogP contribution in [0.25, 0.3) is 0 Å². The first-order valence-corrected chi connectivity index (χ1v) is 7.69. The zero-order valence-corrected chi connectivity index (χ0v) is 12.2. The average Bonchev–Trinajstić information content (AvgIpc) is 2.91. The summed E-state index contributed by atoms with van der Waals surface area (Å²) in [5.41, 5.74) is 2.08. The van der Waals surface area contributed by atoms with E-state index in [1.807, 2.05) is 0 Å². The molecule has 3 N–H and O–H groups in total. The first kappa shape index (κ1) is 15.3. The molecule has 1 aromatic carbocycles. The number of aryl methyl sites for hydroxylation is 1. The molecule has 0 saturated heterocycles. The molecule has 1 aromatic heterocycles. The minimum Gasteiger partial charge on any atom is -0.384 e. The molecule has 0 aliphatic rings. The molecule has 2 rings (SSSR count). The Balaban J connectivity index is 2.05. The van der Waals surface area contributed by atoms with Crippen molar-refractivity contribution in [2.24, 2.45) is 0 Å². The second-order valence-corrected chi connectivity index (χ2v) is 6.08. The highest BCUT2D eigenvalue weighted by molar-refractivity contribution is 7.89. The van der Waals surface area contributed by atoms with Crippen LogP contribution in [0.15, 0.2) is 35.4 Å². The summed E-state index contributed by atoms with van der Waals surface area (Å²) in [6.45, 7) is 1.64. The Hall–Kier alpha value is -2.14. The van der Waals surface area contributed by atoms with Crippen LogP contribution in [-0.2, 0) is 16.6 Å². The summed E-state index contributed by atoms with van der Waals surface area (Å²) in [5.74, 6) is 5.32. The number of aliphatic hydroxyl groups excluding tert-OH is 1. The largest absolute Gasteiger partial charge is 0.384 e. The van der Waals surface area contributed by atoms with Gasteiger partial charge < -0.3 is 5.11 Å². The second kappa shape index (κ2) is 6.54. The van der Waals surface area contributed by atoms with E-state index >= 15 is 0 Å². The summed E-state index contributed by atoms with van der Waals surface area (Å²) in [4.78, 5) is 0.146. The Bertz CT molecular complexity index is 768. The highest BCUT2D eigenvalue weighted by Crippen LogP contribution is 2.12. The van der Waals surface area contributed by atoms with Crippen molar-refractivity contribution in [3.63, 3.8) is 0 Å². The average molecular weight is 305 g/mol. The zero-order valence-electron chi connectivity index (χ0n) is 11.4. The van der Waals surface area contributed by atoms with Crippen molar-refractivity contribution in [1.82, 2.24) is 14.9 Å². The number of hydrogen-bond donors (Lipinski definition) is 3. The lowest BCUT2D eigenvalue weighted by molar-refractivity contribution is 0.350. The van der Waals surface area contributed by atoms with Crippen LogP contribution in [0.5, 0.6) is 0 Å². The minimum absolute atomic E-state index is 0.146. The lowest BCUT2D eigenvalue weighted by Gasteiger charge is -2.06. The van der Waals surface area contributed by atoms with Gasteiger partial charge in [-0.2, -0.15) is 5.10 Å². The van der Waals surface area contributed by atoms with Crippen LogP contribution >= 0.6 is 0 Å². The molecule has 0 unspecified atom stereocenters. The van der Waals surface area contributed by atoms with E-state index in [9.17, 15) is 8.42 Å². The lowest BCUT2D eigenvalue weighted by atomic mass is 10.1. The van der Waals surface area contributed by atoms with Crippen LogP contribution in [0.2, 0.25) is 0 Å². The molecule has 1 heterocycles. The number of rotatable bonds is 4. The van der Waals surface area contributed by atoms with E-state index in [-0.39, 0.29) is 18.0 Å². The monoisotopic (exact) mass is 305 g/mol. The van der Waals surface area contributed by atoms with Crippen molar-refractivity contribution in [3.05, 3.63) is 47.3 Å². The Morgan fingerprint density at radius 2 is 2.05 bits per heavy atom. The normalized spacial score (nSPS) is 11.0. The summed E-state index contributed by atoms with van der Waals surface area (Å²) >= 11 is 0. The Morgan fingerprint density at radius 1 is 1.33 bits per heavy atom. The lowest BCUT2D eigenvalue weighted by Crippen LogP contribution is -2.23. The Labute approximate surface area is 123 Å². The molecule has 21 heavy (non-hydrogen) atoms. The van der Waals surface area contributed by atoms with Crippen LogP contribution in [-0.4, -0.2) is 30.3 Å². The fraction of sp³-hybridized carbons (Fsp3) is 0.214. The third-order valence-electron chi connectivity index (χ3n) is 2.81. The van der Waals surface area contributed by atoms with Gasteiger partial charge in [-0.25, -0.2) is 13.1 Å². The molecule has 0 spiro atoms. The van der Waals surface area contributed by atoms with Gasteiger partial charge in [0.25, 0.3) is 0 Å². The van der Waals surface area contributed by atoms with Crippen molar-refractivity contribution in [3.8, 4) is 11.8 Å². The summed E-state index contributed by atoms with van der Waals surface area (Å²) in [7, 11) is -3.57. The minimum atomic E-state index is -3.57. The molecule has 0 amide bonds. The van der Waals surface area contributed by atoms with E-state index in [1.54, 1.807) is 31.2 Å². The summed E-state index contributed by atoms with van der Waals surface area (Å²) < 4.78 is 26.7. The van der Waals surface area contributed by atoms with Gasteiger partial charge in [-0.05, 0) is 24.6 Å². The smallest absolute Gasteiger partial charge is 0.244 e. The summed E-state index contributed by atoms with van der Waals surface area (Å²) in [5, 5.41) is 14.9. The van der Waals surface area contributed by atoms with Gasteiger partial charge in [-0.3, -0.25) is 5.10 Å². The molecule has 0 radical (unpaired) electrons. The Morgan fingerprint density at radius 3 is 2.62 bits per heavy atom. The third kappa shape index (κ3) is 3.92. The van der Waals surface area contributed by atoms with Crippen molar-refractivity contribution >= 4 is 10.0 Å². The molecular formula is C14H15N3O3S. The summed E-state index contributed by atoms with van der Waals surface area (Å²) in [6.07, 6.45) is 1.28. The standard InChI is InChI=1S/C14H15N3O3S/c1-11-14(10-15-17-11)21(19,20)16-9-13-6-4-12(5-7-13)3-2-8-18/h4-7,10,16,18H,8-9H2,1H3,(H,15,17). The van der Waals surface area contributed by atoms with Gasteiger partial charge in [-0.1, -0.05) is 24.0 Å². The van der Waals surface area contributed by atoms with E-state index in [2.05, 4.69) is 26.8 Å². The number of benzene rings is 1. The topological polar surface area (TPSA) is 95.1 Å². The number of hydrogen-bond acceptors (Lipinski definition) is 4. The zero-order chi connectivity index (χ0) is 15.3. The molecular weight excluding hydrogens is 290 g/mol. The van der Waals surface area contributed by atoms with Gasteiger partial charge in [0.2, 0.25) is 10.0 Å². The highest BCUT2D eigenvalue weighted by Gasteiger charge is 2.17. The van der Waals surface area contributed by atoms with Crippen LogP contribution < -0.4 is 4.72 Å². The molecule has 6 nitrogen and oxygen atoms in total. The fourth-order valence-corrected chi connectivity index (χ4v) is 2.87. The van der Waals surface area contributed by atoms with E-state index in [4.69, 9.17) is 5.11 Å². The van der Waals surface area contributed by atoms with Crippen LogP contribution in [0.3, 0.4) is 0 Å². The number of aromatic amines is 1. The van der Waals surface area contributed by atoms with E-state index in [0.717, 1.165) is 11.1 Å². The first-order chi connectivity index (χ1) is 10.0. The van der Waals surface area contributed by atoms with Gasteiger partial charge in [-0.15, -0.1) is 0 Å². The maximum Gasteiger partial charge on any atom is 0.244 e. The molecule has 0 aliphatic carbocycles. The number of nitrogens with one attached hydrogen (secondary N) is 2. The molecule has 0 atom stereocenters. The molecule has 7 heteroatoms. The van der Waals surface area contributed by atoms with Gasteiger partial charge in [0, 0.05) is 12.1 Å². The maximum atomic E-state index is 12.1. The molecule has 0 fully saturated rings. The fourth-order valence-electron chi connectivity index (χ4n) is 1.71. The van der Waals surface area contributed by atoms with Gasteiger partial charge in [0.05, 0.1) is 11.9 Å². The van der Waals surface area contributed by atoms with Crippen LogP contribution in [0, 0.1) is 18.8 Å². The van der Waals surface area contributed by atoms with Gasteiger partial charge >= 0.3 is 0 Å². The third-order valence-corrected chi connectivity index (χ3v) is 4.32. The molecule has 110 valence electrons. The van der Waals surface area contributed by atoms with Crippen molar-refractivity contribution in [2.75, 3.05) is 6.61 Å². The maximum absolute atomic E-state index is 12.1.